The smallest absolute Gasteiger partial charge is 0.380 e. The highest BCUT2D eigenvalue weighted by Crippen LogP contribution is 2.21. The van der Waals surface area contributed by atoms with Gasteiger partial charge >= 0.3 is 6.18 Å². The minimum Gasteiger partial charge on any atom is -0.380 e. The maximum atomic E-state index is 11.8. The van der Waals surface area contributed by atoms with Crippen molar-refractivity contribution in [1.29, 1.82) is 0 Å². The minimum absolute atomic E-state index is 0.0303. The molecule has 0 aromatic heterocycles. The Kier molecular flexibility index (Phi) is 8.60. The zero-order valence-corrected chi connectivity index (χ0v) is 9.65. The predicted molar refractivity (Wildman–Crippen MR) is 57.2 cm³/mol. The summed E-state index contributed by atoms with van der Waals surface area (Å²) in [6.07, 6.45) is -3.19. The van der Waals surface area contributed by atoms with Crippen molar-refractivity contribution in [1.82, 2.24) is 5.32 Å². The Bertz CT molecular complexity index is 161. The van der Waals surface area contributed by atoms with E-state index in [0.29, 0.717) is 19.5 Å². The Morgan fingerprint density at radius 1 is 1.25 bits per heavy atom. The number of methoxy groups -OCH3 is 1. The molecule has 1 unspecified atom stereocenters. The molecule has 0 aromatic rings. The molecule has 0 saturated heterocycles. The zero-order valence-electron chi connectivity index (χ0n) is 9.65. The van der Waals surface area contributed by atoms with Crippen LogP contribution in [0.25, 0.3) is 0 Å². The number of alkyl halides is 3. The number of nitrogens with one attached hydrogen (secondary N) is 1. The van der Waals surface area contributed by atoms with Crippen LogP contribution < -0.4 is 11.1 Å². The molecule has 0 bridgehead atoms. The fourth-order valence-corrected chi connectivity index (χ4v) is 1.30. The van der Waals surface area contributed by atoms with Crippen LogP contribution in [0.3, 0.4) is 0 Å². The third-order valence-electron chi connectivity index (χ3n) is 2.30. The second-order valence-electron chi connectivity index (χ2n) is 3.70. The lowest BCUT2D eigenvalue weighted by atomic mass is 10.2. The highest BCUT2D eigenvalue weighted by molar-refractivity contribution is 4.60. The van der Waals surface area contributed by atoms with Gasteiger partial charge in [-0.05, 0) is 32.4 Å². The van der Waals surface area contributed by atoms with Crippen molar-refractivity contribution < 1.29 is 17.9 Å². The molecule has 3 nitrogen and oxygen atoms in total. The van der Waals surface area contributed by atoms with Gasteiger partial charge in [-0.25, -0.2) is 0 Å². The molecule has 0 rings (SSSR count). The monoisotopic (exact) mass is 242 g/mol. The van der Waals surface area contributed by atoms with Crippen molar-refractivity contribution in [2.24, 2.45) is 5.73 Å². The van der Waals surface area contributed by atoms with E-state index in [-0.39, 0.29) is 12.5 Å². The maximum absolute atomic E-state index is 11.8. The Labute approximate surface area is 94.5 Å². The van der Waals surface area contributed by atoms with Gasteiger partial charge in [-0.15, -0.1) is 0 Å². The van der Waals surface area contributed by atoms with Crippen LogP contribution in [-0.2, 0) is 4.74 Å². The van der Waals surface area contributed by atoms with Gasteiger partial charge < -0.3 is 15.8 Å². The number of hydrogen-bond donors (Lipinski definition) is 2. The molecule has 0 aromatic carbocycles. The highest BCUT2D eigenvalue weighted by atomic mass is 19.4. The quantitative estimate of drug-likeness (QED) is 0.605. The first-order valence-electron chi connectivity index (χ1n) is 5.50. The number of unbranched alkanes of at least 4 members (excludes halogenated alkanes) is 1. The average Bonchev–Trinajstić information content (AvgIpc) is 2.21. The van der Waals surface area contributed by atoms with Crippen LogP contribution in [0.4, 0.5) is 13.2 Å². The Balaban J connectivity index is 3.21. The van der Waals surface area contributed by atoms with Crippen LogP contribution in [0.2, 0.25) is 0 Å². The van der Waals surface area contributed by atoms with E-state index in [1.165, 1.54) is 0 Å². The molecule has 16 heavy (non-hydrogen) atoms. The van der Waals surface area contributed by atoms with Crippen molar-refractivity contribution in [3.8, 4) is 0 Å². The van der Waals surface area contributed by atoms with E-state index < -0.39 is 12.6 Å². The minimum atomic E-state index is -4.03. The molecule has 3 N–H and O–H groups in total. The lowest BCUT2D eigenvalue weighted by molar-refractivity contribution is -0.135. The van der Waals surface area contributed by atoms with E-state index in [9.17, 15) is 13.2 Å². The van der Waals surface area contributed by atoms with Crippen LogP contribution in [-0.4, -0.2) is 39.0 Å². The summed E-state index contributed by atoms with van der Waals surface area (Å²) in [7, 11) is 1.60. The fourth-order valence-electron chi connectivity index (χ4n) is 1.30. The van der Waals surface area contributed by atoms with E-state index in [1.54, 1.807) is 7.11 Å². The molecule has 0 radical (unpaired) electrons. The second-order valence-corrected chi connectivity index (χ2v) is 3.70. The van der Waals surface area contributed by atoms with Crippen molar-refractivity contribution in [3.63, 3.8) is 0 Å². The number of rotatable bonds is 9. The third kappa shape index (κ3) is 10.2. The summed E-state index contributed by atoms with van der Waals surface area (Å²) in [6, 6.07) is 0. The van der Waals surface area contributed by atoms with E-state index in [1.807, 2.05) is 0 Å². The lowest BCUT2D eigenvalue weighted by Crippen LogP contribution is -2.28. The van der Waals surface area contributed by atoms with Gasteiger partial charge in [0.15, 0.2) is 0 Å². The molecule has 0 aliphatic carbocycles. The molecule has 0 fully saturated rings. The number of halogens is 3. The summed E-state index contributed by atoms with van der Waals surface area (Å²) in [6.45, 7) is 1.80. The number of ether oxygens (including phenoxy) is 1. The average molecular weight is 242 g/mol. The molecule has 0 spiro atoms. The molecule has 0 saturated carbocycles. The molecule has 98 valence electrons. The van der Waals surface area contributed by atoms with Crippen molar-refractivity contribution in [2.75, 3.05) is 26.7 Å². The van der Waals surface area contributed by atoms with Crippen molar-refractivity contribution in [2.45, 2.75) is 38.0 Å². The number of nitrogens with two attached hydrogens (primary N) is 1. The predicted octanol–water partition coefficient (Wildman–Crippen LogP) is 1.67. The fraction of sp³-hybridized carbons (Fsp3) is 1.00. The van der Waals surface area contributed by atoms with Gasteiger partial charge in [-0.3, -0.25) is 0 Å². The summed E-state index contributed by atoms with van der Waals surface area (Å²) in [5.41, 5.74) is 5.42. The molecular weight excluding hydrogens is 221 g/mol. The second kappa shape index (κ2) is 8.78. The molecule has 0 aliphatic heterocycles. The van der Waals surface area contributed by atoms with Crippen molar-refractivity contribution in [3.05, 3.63) is 0 Å². The molecule has 6 heteroatoms. The molecule has 0 heterocycles. The Morgan fingerprint density at radius 3 is 2.44 bits per heavy atom. The van der Waals surface area contributed by atoms with Gasteiger partial charge in [-0.2, -0.15) is 13.2 Å². The van der Waals surface area contributed by atoms with Crippen LogP contribution in [0.5, 0.6) is 0 Å². The summed E-state index contributed by atoms with van der Waals surface area (Å²) in [5, 5.41) is 3.07. The third-order valence-corrected chi connectivity index (χ3v) is 2.30. The van der Waals surface area contributed by atoms with E-state index in [2.05, 4.69) is 5.32 Å². The van der Waals surface area contributed by atoms with E-state index >= 15 is 0 Å². The summed E-state index contributed by atoms with van der Waals surface area (Å²) in [4.78, 5) is 0. The number of hydrogen-bond acceptors (Lipinski definition) is 3. The summed E-state index contributed by atoms with van der Waals surface area (Å²) >= 11 is 0. The summed E-state index contributed by atoms with van der Waals surface area (Å²) < 4.78 is 40.4. The van der Waals surface area contributed by atoms with Crippen LogP contribution in [0.15, 0.2) is 0 Å². The van der Waals surface area contributed by atoms with Gasteiger partial charge in [0, 0.05) is 20.1 Å². The Hall–Kier alpha value is -0.330. The first-order chi connectivity index (χ1) is 7.49. The molecular formula is C10H21F3N2O. The van der Waals surface area contributed by atoms with Gasteiger partial charge in [0.05, 0.1) is 6.10 Å². The first kappa shape index (κ1) is 15.7. The summed E-state index contributed by atoms with van der Waals surface area (Å²) in [5.74, 6) is 0. The lowest BCUT2D eigenvalue weighted by Gasteiger charge is -2.13. The van der Waals surface area contributed by atoms with Gasteiger partial charge in [-0.1, -0.05) is 0 Å². The molecule has 0 amide bonds. The highest BCUT2D eigenvalue weighted by Gasteiger charge is 2.25. The topological polar surface area (TPSA) is 47.3 Å². The maximum Gasteiger partial charge on any atom is 0.389 e. The Morgan fingerprint density at radius 2 is 1.94 bits per heavy atom. The van der Waals surface area contributed by atoms with E-state index in [4.69, 9.17) is 10.5 Å². The van der Waals surface area contributed by atoms with Crippen molar-refractivity contribution >= 4 is 0 Å². The van der Waals surface area contributed by atoms with Crippen LogP contribution in [0.1, 0.15) is 25.7 Å². The largest absolute Gasteiger partial charge is 0.389 e. The first-order valence-corrected chi connectivity index (χ1v) is 5.50. The van der Waals surface area contributed by atoms with Gasteiger partial charge in [0.25, 0.3) is 0 Å². The SMILES string of the molecule is COC(CN)CCNCCCCC(F)(F)F. The molecule has 0 aliphatic rings. The molecule has 1 atom stereocenters. The van der Waals surface area contributed by atoms with Gasteiger partial charge in [0.1, 0.15) is 0 Å². The van der Waals surface area contributed by atoms with Crippen LogP contribution >= 0.6 is 0 Å². The van der Waals surface area contributed by atoms with Gasteiger partial charge in [0.2, 0.25) is 0 Å². The zero-order chi connectivity index (χ0) is 12.4. The van der Waals surface area contributed by atoms with Crippen LogP contribution in [0, 0.1) is 0 Å². The van der Waals surface area contributed by atoms with E-state index in [0.717, 1.165) is 13.0 Å². The normalized spacial score (nSPS) is 14.1. The standard InChI is InChI=1S/C10H21F3N2O/c1-16-9(8-14)4-7-15-6-3-2-5-10(11,12)13/h9,15H,2-8,14H2,1H3.